The summed E-state index contributed by atoms with van der Waals surface area (Å²) in [5.41, 5.74) is 0. The first kappa shape index (κ1) is 11.7. The molecule has 1 rings (SSSR count). The molecule has 2 unspecified atom stereocenters. The maximum Gasteiger partial charge on any atom is 0.303 e. The highest BCUT2D eigenvalue weighted by atomic mass is 33.1. The van der Waals surface area contributed by atoms with E-state index in [9.17, 15) is 9.59 Å². The largest absolute Gasteiger partial charge is 0.458 e. The van der Waals surface area contributed by atoms with E-state index in [4.69, 9.17) is 9.47 Å². The summed E-state index contributed by atoms with van der Waals surface area (Å²) in [6.45, 7) is 2.72. The van der Waals surface area contributed by atoms with E-state index in [-0.39, 0.29) is 24.1 Å². The predicted molar refractivity (Wildman–Crippen MR) is 56.0 cm³/mol. The first-order valence-corrected chi connectivity index (χ1v) is 6.67. The first-order chi connectivity index (χ1) is 6.59. The van der Waals surface area contributed by atoms with Crippen molar-refractivity contribution in [2.75, 3.05) is 11.5 Å². The highest BCUT2D eigenvalue weighted by Crippen LogP contribution is 2.32. The SMILES string of the molecule is CC(=O)OC1CSSCC1OC(C)=O. The normalized spacial score (nSPS) is 26.7. The second kappa shape index (κ2) is 5.50. The molecule has 0 aromatic carbocycles. The van der Waals surface area contributed by atoms with Gasteiger partial charge >= 0.3 is 11.9 Å². The van der Waals surface area contributed by atoms with Gasteiger partial charge in [0.1, 0.15) is 12.2 Å². The Morgan fingerprint density at radius 3 is 1.64 bits per heavy atom. The lowest BCUT2D eigenvalue weighted by atomic mass is 10.2. The minimum atomic E-state index is -0.334. The smallest absolute Gasteiger partial charge is 0.303 e. The molecule has 0 aromatic rings. The van der Waals surface area contributed by atoms with Crippen molar-refractivity contribution < 1.29 is 19.1 Å². The van der Waals surface area contributed by atoms with E-state index in [0.29, 0.717) is 11.5 Å². The van der Waals surface area contributed by atoms with Crippen LogP contribution < -0.4 is 0 Å². The Hall–Kier alpha value is -0.360. The van der Waals surface area contributed by atoms with E-state index < -0.39 is 0 Å². The lowest BCUT2D eigenvalue weighted by Gasteiger charge is -2.28. The lowest BCUT2D eigenvalue weighted by Crippen LogP contribution is -2.39. The molecule has 14 heavy (non-hydrogen) atoms. The molecule has 1 fully saturated rings. The zero-order valence-corrected chi connectivity index (χ0v) is 9.65. The van der Waals surface area contributed by atoms with Gasteiger partial charge in [-0.25, -0.2) is 0 Å². The summed E-state index contributed by atoms with van der Waals surface area (Å²) < 4.78 is 10.1. The van der Waals surface area contributed by atoms with Gasteiger partial charge in [0.05, 0.1) is 0 Å². The van der Waals surface area contributed by atoms with Crippen molar-refractivity contribution in [1.29, 1.82) is 0 Å². The Kier molecular flexibility index (Phi) is 4.60. The van der Waals surface area contributed by atoms with E-state index in [0.717, 1.165) is 0 Å². The fourth-order valence-corrected chi connectivity index (χ4v) is 3.50. The summed E-state index contributed by atoms with van der Waals surface area (Å²) >= 11 is 0. The van der Waals surface area contributed by atoms with Gasteiger partial charge in [0, 0.05) is 25.4 Å². The van der Waals surface area contributed by atoms with Gasteiger partial charge in [-0.15, -0.1) is 0 Å². The fraction of sp³-hybridized carbons (Fsp3) is 0.750. The maximum atomic E-state index is 10.8. The van der Waals surface area contributed by atoms with Crippen LogP contribution in [0.15, 0.2) is 0 Å². The van der Waals surface area contributed by atoms with Crippen molar-refractivity contribution in [3.05, 3.63) is 0 Å². The van der Waals surface area contributed by atoms with Crippen molar-refractivity contribution in [3.8, 4) is 0 Å². The number of hydrogen-bond acceptors (Lipinski definition) is 6. The second-order valence-electron chi connectivity index (χ2n) is 2.86. The fourth-order valence-electron chi connectivity index (χ4n) is 1.09. The highest BCUT2D eigenvalue weighted by molar-refractivity contribution is 8.76. The van der Waals surface area contributed by atoms with Crippen LogP contribution in [-0.4, -0.2) is 35.7 Å². The molecule has 0 saturated carbocycles. The Morgan fingerprint density at radius 1 is 1.00 bits per heavy atom. The van der Waals surface area contributed by atoms with Crippen LogP contribution in [0, 0.1) is 0 Å². The van der Waals surface area contributed by atoms with E-state index in [2.05, 4.69) is 0 Å². The Balaban J connectivity index is 2.49. The number of carbonyl (C=O) groups is 2. The molecule has 1 aliphatic heterocycles. The molecular formula is C8H12O4S2. The molecule has 4 nitrogen and oxygen atoms in total. The standard InChI is InChI=1S/C8H12O4S2/c1-5(9)11-7-3-13-14-4-8(7)12-6(2)10/h7-8H,3-4H2,1-2H3. The summed E-state index contributed by atoms with van der Waals surface area (Å²) in [6.07, 6.45) is -0.606. The number of esters is 2. The monoisotopic (exact) mass is 236 g/mol. The molecule has 0 bridgehead atoms. The third kappa shape index (κ3) is 3.79. The predicted octanol–water partition coefficient (Wildman–Crippen LogP) is 1.24. The molecule has 1 saturated heterocycles. The van der Waals surface area contributed by atoms with Gasteiger partial charge in [0.2, 0.25) is 0 Å². The van der Waals surface area contributed by atoms with Crippen LogP contribution in [0.3, 0.4) is 0 Å². The molecule has 80 valence electrons. The first-order valence-electron chi connectivity index (χ1n) is 4.18. The van der Waals surface area contributed by atoms with Crippen LogP contribution in [-0.2, 0) is 19.1 Å². The molecule has 0 spiro atoms. The Morgan fingerprint density at radius 2 is 1.36 bits per heavy atom. The molecule has 0 amide bonds. The van der Waals surface area contributed by atoms with Gasteiger partial charge in [-0.2, -0.15) is 0 Å². The van der Waals surface area contributed by atoms with Crippen LogP contribution in [0.4, 0.5) is 0 Å². The van der Waals surface area contributed by atoms with Crippen molar-refractivity contribution in [2.24, 2.45) is 0 Å². The molecule has 0 radical (unpaired) electrons. The van der Waals surface area contributed by atoms with E-state index in [1.165, 1.54) is 13.8 Å². The Labute approximate surface area is 90.5 Å². The van der Waals surface area contributed by atoms with Gasteiger partial charge in [-0.3, -0.25) is 9.59 Å². The van der Waals surface area contributed by atoms with Crippen LogP contribution in [0.1, 0.15) is 13.8 Å². The third-order valence-corrected chi connectivity index (χ3v) is 4.01. The average Bonchev–Trinajstić information content (AvgIpc) is 2.06. The summed E-state index contributed by atoms with van der Waals surface area (Å²) in [7, 11) is 3.25. The molecule has 0 aromatic heterocycles. The quantitative estimate of drug-likeness (QED) is 0.531. The highest BCUT2D eigenvalue weighted by Gasteiger charge is 2.30. The molecule has 6 heteroatoms. The van der Waals surface area contributed by atoms with Crippen molar-refractivity contribution in [1.82, 2.24) is 0 Å². The summed E-state index contributed by atoms with van der Waals surface area (Å²) in [5.74, 6) is 0.670. The van der Waals surface area contributed by atoms with Crippen LogP contribution in [0.2, 0.25) is 0 Å². The topological polar surface area (TPSA) is 52.6 Å². The molecule has 0 N–H and O–H groups in total. The Bertz CT molecular complexity index is 207. The zero-order chi connectivity index (χ0) is 10.6. The van der Waals surface area contributed by atoms with E-state index in [1.807, 2.05) is 0 Å². The van der Waals surface area contributed by atoms with E-state index >= 15 is 0 Å². The van der Waals surface area contributed by atoms with Gasteiger partial charge in [-0.1, -0.05) is 21.6 Å². The van der Waals surface area contributed by atoms with Crippen LogP contribution in [0.5, 0.6) is 0 Å². The summed E-state index contributed by atoms with van der Waals surface area (Å²) in [4.78, 5) is 21.5. The van der Waals surface area contributed by atoms with Gasteiger partial charge in [0.15, 0.2) is 0 Å². The molecule has 1 heterocycles. The second-order valence-corrected chi connectivity index (χ2v) is 5.42. The average molecular weight is 236 g/mol. The maximum absolute atomic E-state index is 10.8. The molecular weight excluding hydrogens is 224 g/mol. The molecule has 1 aliphatic rings. The number of hydrogen-bond donors (Lipinski definition) is 0. The third-order valence-electron chi connectivity index (χ3n) is 1.60. The van der Waals surface area contributed by atoms with Crippen molar-refractivity contribution in [2.45, 2.75) is 26.1 Å². The molecule has 2 atom stereocenters. The zero-order valence-electron chi connectivity index (χ0n) is 8.02. The van der Waals surface area contributed by atoms with Gasteiger partial charge in [-0.05, 0) is 0 Å². The number of carbonyl (C=O) groups excluding carboxylic acids is 2. The van der Waals surface area contributed by atoms with Crippen LogP contribution in [0.25, 0.3) is 0 Å². The minimum Gasteiger partial charge on any atom is -0.458 e. The van der Waals surface area contributed by atoms with Crippen molar-refractivity contribution >= 4 is 33.5 Å². The van der Waals surface area contributed by atoms with Crippen LogP contribution >= 0.6 is 21.6 Å². The van der Waals surface area contributed by atoms with E-state index in [1.54, 1.807) is 21.6 Å². The number of ether oxygens (including phenoxy) is 2. The number of rotatable bonds is 2. The lowest BCUT2D eigenvalue weighted by molar-refractivity contribution is -0.161. The van der Waals surface area contributed by atoms with Crippen molar-refractivity contribution in [3.63, 3.8) is 0 Å². The summed E-state index contributed by atoms with van der Waals surface area (Å²) in [6, 6.07) is 0. The summed E-state index contributed by atoms with van der Waals surface area (Å²) in [5, 5.41) is 0. The van der Waals surface area contributed by atoms with Gasteiger partial charge in [0.25, 0.3) is 0 Å². The minimum absolute atomic E-state index is 0.303. The van der Waals surface area contributed by atoms with Gasteiger partial charge < -0.3 is 9.47 Å². The molecule has 0 aliphatic carbocycles.